The molecule has 0 bridgehead atoms. The van der Waals surface area contributed by atoms with Gasteiger partial charge in [0, 0.05) is 24.7 Å². The molecule has 1 aliphatic heterocycles. The van der Waals surface area contributed by atoms with Gasteiger partial charge >= 0.3 is 0 Å². The molecule has 34 heavy (non-hydrogen) atoms. The highest BCUT2D eigenvalue weighted by Gasteiger charge is 2.33. The third kappa shape index (κ3) is 6.83. The zero-order valence-corrected chi connectivity index (χ0v) is 19.9. The summed E-state index contributed by atoms with van der Waals surface area (Å²) in [6.07, 6.45) is 3.30. The van der Waals surface area contributed by atoms with Crippen LogP contribution in [0.25, 0.3) is 0 Å². The van der Waals surface area contributed by atoms with Gasteiger partial charge in [0.15, 0.2) is 11.5 Å². The average molecular weight is 489 g/mol. The Bertz CT molecular complexity index is 1030. The van der Waals surface area contributed by atoms with E-state index in [9.17, 15) is 5.11 Å². The van der Waals surface area contributed by atoms with Gasteiger partial charge in [0.2, 0.25) is 0 Å². The zero-order valence-electron chi connectivity index (χ0n) is 19.1. The molecule has 182 valence electrons. The van der Waals surface area contributed by atoms with Crippen molar-refractivity contribution in [1.29, 1.82) is 0 Å². The molecule has 1 aromatic heterocycles. The van der Waals surface area contributed by atoms with Crippen LogP contribution in [0, 0.1) is 0 Å². The first-order valence-corrected chi connectivity index (χ1v) is 11.4. The van der Waals surface area contributed by atoms with Gasteiger partial charge in [-0.25, -0.2) is 0 Å². The average Bonchev–Trinajstić information content (AvgIpc) is 3.28. The predicted octanol–water partition coefficient (Wildman–Crippen LogP) is 2.66. The van der Waals surface area contributed by atoms with Gasteiger partial charge in [0.05, 0.1) is 26.9 Å². The van der Waals surface area contributed by atoms with Crippen LogP contribution in [-0.4, -0.2) is 77.0 Å². The number of nitrogens with zero attached hydrogens (tertiary/aromatic N) is 4. The molecule has 1 fully saturated rings. The summed E-state index contributed by atoms with van der Waals surface area (Å²) in [5.74, 6) is 1.98. The Morgan fingerprint density at radius 3 is 2.65 bits per heavy atom. The molecule has 0 spiro atoms. The molecular formula is C24H29ClN4O5. The summed E-state index contributed by atoms with van der Waals surface area (Å²) in [6, 6.07) is 12.9. The minimum Gasteiger partial charge on any atom is -0.493 e. The molecule has 1 atom stereocenters. The summed E-state index contributed by atoms with van der Waals surface area (Å²) >= 11 is 5.93. The number of aliphatic hydroxyl groups is 1. The Morgan fingerprint density at radius 2 is 1.88 bits per heavy atom. The van der Waals surface area contributed by atoms with Crippen LogP contribution < -0.4 is 14.2 Å². The van der Waals surface area contributed by atoms with Crippen molar-refractivity contribution in [2.75, 3.05) is 46.6 Å². The van der Waals surface area contributed by atoms with Crippen molar-refractivity contribution in [2.24, 2.45) is 0 Å². The highest BCUT2D eigenvalue weighted by atomic mass is 35.5. The second-order valence-corrected chi connectivity index (χ2v) is 8.70. The molecule has 1 aliphatic rings. The Kier molecular flexibility index (Phi) is 8.23. The lowest BCUT2D eigenvalue weighted by molar-refractivity contribution is -0.0646. The van der Waals surface area contributed by atoms with E-state index in [2.05, 4.69) is 15.1 Å². The molecule has 9 nitrogen and oxygen atoms in total. The fraction of sp³-hybridized carbons (Fsp3) is 0.417. The van der Waals surface area contributed by atoms with Gasteiger partial charge in [-0.3, -0.25) is 4.90 Å². The number of aromatic nitrogens is 3. The molecule has 4 rings (SSSR count). The van der Waals surface area contributed by atoms with Gasteiger partial charge in [-0.15, -0.1) is 10.2 Å². The standard InChI is InChI=1S/C24H29ClN4O5/c1-31-22-7-2-19(12-23(22)33-11-9-29-17-26-27-18-29)13-28-8-10-32-15-24(30,14-28)16-34-21-5-3-20(25)4-6-21/h2-7,12,17-18,30H,8-11,13-16H2,1H3/t24-/m1/s1. The van der Waals surface area contributed by atoms with Crippen LogP contribution in [0.3, 0.4) is 0 Å². The Labute approximate surface area is 203 Å². The lowest BCUT2D eigenvalue weighted by Crippen LogP contribution is -2.48. The number of ether oxygens (including phenoxy) is 4. The minimum atomic E-state index is -1.14. The number of methoxy groups -OCH3 is 1. The summed E-state index contributed by atoms with van der Waals surface area (Å²) in [7, 11) is 1.62. The molecule has 0 amide bonds. The Balaban J connectivity index is 1.37. The monoisotopic (exact) mass is 488 g/mol. The molecule has 3 aromatic rings. The maximum absolute atomic E-state index is 11.2. The van der Waals surface area contributed by atoms with Crippen LogP contribution in [0.1, 0.15) is 5.56 Å². The van der Waals surface area contributed by atoms with Crippen molar-refractivity contribution in [3.05, 3.63) is 65.7 Å². The normalized spacial score (nSPS) is 18.9. The number of rotatable bonds is 10. The largest absolute Gasteiger partial charge is 0.493 e. The lowest BCUT2D eigenvalue weighted by atomic mass is 10.1. The number of β-amino-alcohol motifs (C(OH)–C–C–N with tert-alkyl or cyclic N) is 1. The summed E-state index contributed by atoms with van der Waals surface area (Å²) in [6.45, 7) is 3.67. The molecule has 0 aliphatic carbocycles. The smallest absolute Gasteiger partial charge is 0.161 e. The molecular weight excluding hydrogens is 460 g/mol. The van der Waals surface area contributed by atoms with Crippen LogP contribution >= 0.6 is 11.6 Å². The van der Waals surface area contributed by atoms with E-state index in [-0.39, 0.29) is 13.2 Å². The third-order valence-corrected chi connectivity index (χ3v) is 5.72. The van der Waals surface area contributed by atoms with Crippen molar-refractivity contribution in [3.63, 3.8) is 0 Å². The molecule has 2 heterocycles. The highest BCUT2D eigenvalue weighted by Crippen LogP contribution is 2.29. The van der Waals surface area contributed by atoms with Gasteiger partial charge in [0.1, 0.15) is 37.2 Å². The van der Waals surface area contributed by atoms with Crippen LogP contribution in [0.2, 0.25) is 5.02 Å². The summed E-state index contributed by atoms with van der Waals surface area (Å²) in [5, 5.41) is 19.4. The predicted molar refractivity (Wildman–Crippen MR) is 127 cm³/mol. The molecule has 1 saturated heterocycles. The van der Waals surface area contributed by atoms with E-state index in [1.807, 2.05) is 22.8 Å². The quantitative estimate of drug-likeness (QED) is 0.466. The summed E-state index contributed by atoms with van der Waals surface area (Å²) < 4.78 is 24.8. The topological polar surface area (TPSA) is 91.1 Å². The van der Waals surface area contributed by atoms with E-state index in [1.54, 1.807) is 44.0 Å². The molecule has 2 aromatic carbocycles. The molecule has 0 radical (unpaired) electrons. The first-order chi connectivity index (χ1) is 16.5. The SMILES string of the molecule is COc1ccc(CN2CCOC[C@@](O)(COc3ccc(Cl)cc3)C2)cc1OCCn1cnnc1. The Morgan fingerprint density at radius 1 is 1.09 bits per heavy atom. The zero-order chi connectivity index (χ0) is 23.8. The number of hydrogen-bond acceptors (Lipinski definition) is 8. The fourth-order valence-electron chi connectivity index (χ4n) is 3.76. The lowest BCUT2D eigenvalue weighted by Gasteiger charge is -2.30. The van der Waals surface area contributed by atoms with E-state index in [0.717, 1.165) is 5.56 Å². The van der Waals surface area contributed by atoms with E-state index in [0.29, 0.717) is 61.7 Å². The van der Waals surface area contributed by atoms with Crippen LogP contribution in [0.15, 0.2) is 55.1 Å². The second-order valence-electron chi connectivity index (χ2n) is 8.26. The molecule has 0 unspecified atom stereocenters. The van der Waals surface area contributed by atoms with Crippen molar-refractivity contribution < 1.29 is 24.1 Å². The number of benzene rings is 2. The summed E-state index contributed by atoms with van der Waals surface area (Å²) in [5.41, 5.74) is -0.0937. The van der Waals surface area contributed by atoms with E-state index < -0.39 is 5.60 Å². The highest BCUT2D eigenvalue weighted by molar-refractivity contribution is 6.30. The van der Waals surface area contributed by atoms with Crippen molar-refractivity contribution in [3.8, 4) is 17.2 Å². The fourth-order valence-corrected chi connectivity index (χ4v) is 3.88. The van der Waals surface area contributed by atoms with Crippen LogP contribution in [0.5, 0.6) is 17.2 Å². The van der Waals surface area contributed by atoms with E-state index in [1.165, 1.54) is 0 Å². The second kappa shape index (κ2) is 11.5. The van der Waals surface area contributed by atoms with Gasteiger partial charge in [-0.1, -0.05) is 17.7 Å². The summed E-state index contributed by atoms with van der Waals surface area (Å²) in [4.78, 5) is 2.15. The van der Waals surface area contributed by atoms with Crippen LogP contribution in [-0.2, 0) is 17.8 Å². The number of halogens is 1. The van der Waals surface area contributed by atoms with Crippen molar-refractivity contribution in [2.45, 2.75) is 18.7 Å². The van der Waals surface area contributed by atoms with Gasteiger partial charge < -0.3 is 28.6 Å². The molecule has 0 saturated carbocycles. The van der Waals surface area contributed by atoms with E-state index in [4.69, 9.17) is 30.5 Å². The molecule has 1 N–H and O–H groups in total. The first-order valence-electron chi connectivity index (χ1n) is 11.1. The van der Waals surface area contributed by atoms with Gasteiger partial charge in [0.25, 0.3) is 0 Å². The maximum Gasteiger partial charge on any atom is 0.161 e. The third-order valence-electron chi connectivity index (χ3n) is 5.47. The Hall–Kier alpha value is -2.85. The van der Waals surface area contributed by atoms with Gasteiger partial charge in [-0.05, 0) is 42.0 Å². The molecule has 10 heteroatoms. The van der Waals surface area contributed by atoms with Gasteiger partial charge in [-0.2, -0.15) is 0 Å². The van der Waals surface area contributed by atoms with Crippen LogP contribution in [0.4, 0.5) is 0 Å². The minimum absolute atomic E-state index is 0.116. The maximum atomic E-state index is 11.2. The van der Waals surface area contributed by atoms with Crippen molar-refractivity contribution in [1.82, 2.24) is 19.7 Å². The van der Waals surface area contributed by atoms with Crippen molar-refractivity contribution >= 4 is 11.6 Å². The van der Waals surface area contributed by atoms with E-state index >= 15 is 0 Å². The first kappa shape index (κ1) is 24.3. The number of hydrogen-bond donors (Lipinski definition) is 1.